The van der Waals surface area contributed by atoms with Gasteiger partial charge in [-0.25, -0.2) is 4.98 Å². The van der Waals surface area contributed by atoms with Crippen molar-refractivity contribution in [2.45, 2.75) is 32.8 Å². The van der Waals surface area contributed by atoms with Crippen molar-refractivity contribution in [1.82, 2.24) is 14.9 Å². The van der Waals surface area contributed by atoms with Gasteiger partial charge >= 0.3 is 0 Å². The van der Waals surface area contributed by atoms with Crippen molar-refractivity contribution in [3.8, 4) is 5.88 Å². The predicted molar refractivity (Wildman–Crippen MR) is 79.8 cm³/mol. The molecular formula is C16H19N3O3. The van der Waals surface area contributed by atoms with Crippen LogP contribution in [0.25, 0.3) is 0 Å². The predicted octanol–water partition coefficient (Wildman–Crippen LogP) is 2.37. The van der Waals surface area contributed by atoms with Crippen LogP contribution in [0.5, 0.6) is 5.88 Å². The Morgan fingerprint density at radius 2 is 2.09 bits per heavy atom. The van der Waals surface area contributed by atoms with Gasteiger partial charge in [0.25, 0.3) is 5.91 Å². The molecule has 22 heavy (non-hydrogen) atoms. The summed E-state index contributed by atoms with van der Waals surface area (Å²) in [6.07, 6.45) is 3.17. The van der Waals surface area contributed by atoms with Gasteiger partial charge in [0.05, 0.1) is 6.26 Å². The summed E-state index contributed by atoms with van der Waals surface area (Å²) in [5, 5.41) is 0. The molecule has 3 heterocycles. The van der Waals surface area contributed by atoms with Crippen LogP contribution in [0, 0.1) is 13.8 Å². The van der Waals surface area contributed by atoms with Gasteiger partial charge in [0.1, 0.15) is 11.9 Å². The van der Waals surface area contributed by atoms with E-state index in [0.717, 1.165) is 18.5 Å². The Labute approximate surface area is 129 Å². The van der Waals surface area contributed by atoms with E-state index < -0.39 is 0 Å². The van der Waals surface area contributed by atoms with E-state index in [9.17, 15) is 4.79 Å². The van der Waals surface area contributed by atoms with Gasteiger partial charge in [0.15, 0.2) is 5.76 Å². The Morgan fingerprint density at radius 1 is 1.32 bits per heavy atom. The number of likely N-dealkylation sites (tertiary alicyclic amines) is 1. The third-order valence-corrected chi connectivity index (χ3v) is 3.69. The lowest BCUT2D eigenvalue weighted by molar-refractivity contribution is 0.0559. The molecule has 0 unspecified atom stereocenters. The fourth-order valence-corrected chi connectivity index (χ4v) is 2.65. The first kappa shape index (κ1) is 14.6. The van der Waals surface area contributed by atoms with Crippen molar-refractivity contribution in [3.05, 3.63) is 41.7 Å². The molecule has 1 amide bonds. The summed E-state index contributed by atoms with van der Waals surface area (Å²) in [4.78, 5) is 22.5. The van der Waals surface area contributed by atoms with Crippen molar-refractivity contribution >= 4 is 5.91 Å². The SMILES string of the molecule is Cc1cc(OC2CCN(C(=O)c3ccco3)CC2)nc(C)n1. The molecule has 0 N–H and O–H groups in total. The van der Waals surface area contributed by atoms with E-state index in [1.54, 1.807) is 17.0 Å². The van der Waals surface area contributed by atoms with E-state index in [-0.39, 0.29) is 12.0 Å². The Kier molecular flexibility index (Phi) is 4.09. The summed E-state index contributed by atoms with van der Waals surface area (Å²) in [6, 6.07) is 5.26. The van der Waals surface area contributed by atoms with Crippen molar-refractivity contribution in [2.75, 3.05) is 13.1 Å². The second-order valence-electron chi connectivity index (χ2n) is 5.48. The van der Waals surface area contributed by atoms with Gasteiger partial charge in [-0.05, 0) is 26.0 Å². The summed E-state index contributed by atoms with van der Waals surface area (Å²) in [5.41, 5.74) is 0.896. The number of nitrogens with zero attached hydrogens (tertiary/aromatic N) is 3. The molecule has 116 valence electrons. The fraction of sp³-hybridized carbons (Fsp3) is 0.438. The number of carbonyl (C=O) groups excluding carboxylic acids is 1. The zero-order chi connectivity index (χ0) is 15.5. The lowest BCUT2D eigenvalue weighted by atomic mass is 10.1. The zero-order valence-electron chi connectivity index (χ0n) is 12.8. The van der Waals surface area contributed by atoms with E-state index in [0.29, 0.717) is 30.6 Å². The number of furan rings is 1. The molecule has 2 aromatic heterocycles. The maximum Gasteiger partial charge on any atom is 0.289 e. The van der Waals surface area contributed by atoms with Gasteiger partial charge in [-0.1, -0.05) is 0 Å². The molecule has 6 nitrogen and oxygen atoms in total. The van der Waals surface area contributed by atoms with Crippen LogP contribution in [0.1, 0.15) is 34.9 Å². The average molecular weight is 301 g/mol. The number of amides is 1. The number of hydrogen-bond acceptors (Lipinski definition) is 5. The highest BCUT2D eigenvalue weighted by Crippen LogP contribution is 2.19. The van der Waals surface area contributed by atoms with E-state index in [4.69, 9.17) is 9.15 Å². The molecule has 0 aromatic carbocycles. The highest BCUT2D eigenvalue weighted by molar-refractivity contribution is 5.91. The standard InChI is InChI=1S/C16H19N3O3/c1-11-10-15(18-12(2)17-11)22-13-5-7-19(8-6-13)16(20)14-4-3-9-21-14/h3-4,9-10,13H,5-8H2,1-2H3. The minimum absolute atomic E-state index is 0.0582. The molecule has 0 spiro atoms. The highest BCUT2D eigenvalue weighted by Gasteiger charge is 2.26. The number of ether oxygens (including phenoxy) is 1. The highest BCUT2D eigenvalue weighted by atomic mass is 16.5. The summed E-state index contributed by atoms with van der Waals surface area (Å²) in [7, 11) is 0. The number of carbonyl (C=O) groups is 1. The normalized spacial score (nSPS) is 15.8. The van der Waals surface area contributed by atoms with Gasteiger partial charge in [-0.3, -0.25) is 4.79 Å². The molecule has 2 aromatic rings. The second-order valence-corrected chi connectivity index (χ2v) is 5.48. The maximum absolute atomic E-state index is 12.2. The molecule has 0 atom stereocenters. The Hall–Kier alpha value is -2.37. The number of aromatic nitrogens is 2. The maximum atomic E-state index is 12.2. The van der Waals surface area contributed by atoms with Crippen LogP contribution < -0.4 is 4.74 Å². The van der Waals surface area contributed by atoms with E-state index >= 15 is 0 Å². The average Bonchev–Trinajstić information content (AvgIpc) is 3.00. The van der Waals surface area contributed by atoms with E-state index in [1.165, 1.54) is 6.26 Å². The van der Waals surface area contributed by atoms with Crippen LogP contribution in [0.3, 0.4) is 0 Å². The Morgan fingerprint density at radius 3 is 2.73 bits per heavy atom. The first-order valence-electron chi connectivity index (χ1n) is 7.43. The van der Waals surface area contributed by atoms with Crippen molar-refractivity contribution in [1.29, 1.82) is 0 Å². The summed E-state index contributed by atoms with van der Waals surface area (Å²) in [6.45, 7) is 5.09. The first-order valence-corrected chi connectivity index (χ1v) is 7.43. The molecule has 1 fully saturated rings. The van der Waals surface area contributed by atoms with Crippen LogP contribution >= 0.6 is 0 Å². The summed E-state index contributed by atoms with van der Waals surface area (Å²) < 4.78 is 11.1. The number of hydrogen-bond donors (Lipinski definition) is 0. The van der Waals surface area contributed by atoms with Crippen molar-refractivity contribution in [2.24, 2.45) is 0 Å². The van der Waals surface area contributed by atoms with Gasteiger partial charge in [-0.15, -0.1) is 0 Å². The van der Waals surface area contributed by atoms with Crippen molar-refractivity contribution in [3.63, 3.8) is 0 Å². The molecule has 1 aliphatic rings. The van der Waals surface area contributed by atoms with Gasteiger partial charge < -0.3 is 14.1 Å². The molecule has 0 saturated carbocycles. The monoisotopic (exact) mass is 301 g/mol. The smallest absolute Gasteiger partial charge is 0.289 e. The van der Waals surface area contributed by atoms with Crippen LogP contribution in [-0.4, -0.2) is 40.0 Å². The number of piperidine rings is 1. The fourth-order valence-electron chi connectivity index (χ4n) is 2.65. The minimum Gasteiger partial charge on any atom is -0.474 e. The lowest BCUT2D eigenvalue weighted by Gasteiger charge is -2.31. The number of aryl methyl sites for hydroxylation is 2. The molecule has 0 bridgehead atoms. The molecule has 0 radical (unpaired) electrons. The summed E-state index contributed by atoms with van der Waals surface area (Å²) in [5.74, 6) is 1.65. The van der Waals surface area contributed by atoms with E-state index in [2.05, 4.69) is 9.97 Å². The third-order valence-electron chi connectivity index (χ3n) is 3.69. The van der Waals surface area contributed by atoms with Gasteiger partial charge in [0.2, 0.25) is 5.88 Å². The lowest BCUT2D eigenvalue weighted by Crippen LogP contribution is -2.41. The molecule has 1 saturated heterocycles. The van der Waals surface area contributed by atoms with Crippen molar-refractivity contribution < 1.29 is 13.9 Å². The molecule has 3 rings (SSSR count). The topological polar surface area (TPSA) is 68.5 Å². The molecule has 0 aliphatic carbocycles. The van der Waals surface area contributed by atoms with Crippen LogP contribution in [0.4, 0.5) is 0 Å². The zero-order valence-corrected chi connectivity index (χ0v) is 12.8. The first-order chi connectivity index (χ1) is 10.6. The third kappa shape index (κ3) is 3.27. The number of rotatable bonds is 3. The van der Waals surface area contributed by atoms with Crippen LogP contribution in [-0.2, 0) is 0 Å². The molecule has 1 aliphatic heterocycles. The second kappa shape index (κ2) is 6.17. The van der Waals surface area contributed by atoms with Gasteiger partial charge in [0, 0.05) is 37.7 Å². The summed E-state index contributed by atoms with van der Waals surface area (Å²) >= 11 is 0. The van der Waals surface area contributed by atoms with E-state index in [1.807, 2.05) is 19.9 Å². The van der Waals surface area contributed by atoms with Gasteiger partial charge in [-0.2, -0.15) is 4.98 Å². The van der Waals surface area contributed by atoms with Crippen LogP contribution in [0.2, 0.25) is 0 Å². The quantitative estimate of drug-likeness (QED) is 0.870. The Balaban J connectivity index is 1.56. The Bertz CT molecular complexity index is 626. The molecular weight excluding hydrogens is 282 g/mol. The largest absolute Gasteiger partial charge is 0.474 e. The minimum atomic E-state index is -0.0582. The van der Waals surface area contributed by atoms with Crippen LogP contribution in [0.15, 0.2) is 28.9 Å². The molecule has 6 heteroatoms.